The molecule has 0 bridgehead atoms. The number of hydrogen-bond acceptors (Lipinski definition) is 4. The molecule has 1 amide bonds. The molecular formula is C13H18N2O3. The van der Waals surface area contributed by atoms with E-state index in [1.165, 1.54) is 0 Å². The number of carbonyl (C=O) groups is 1. The van der Waals surface area contributed by atoms with E-state index in [0.29, 0.717) is 19.0 Å². The van der Waals surface area contributed by atoms with Crippen LogP contribution < -0.4 is 20.7 Å². The Bertz CT molecular complexity index is 483. The van der Waals surface area contributed by atoms with Crippen molar-refractivity contribution in [3.05, 3.63) is 23.3 Å². The summed E-state index contributed by atoms with van der Waals surface area (Å²) >= 11 is 0. The van der Waals surface area contributed by atoms with Crippen LogP contribution in [0.25, 0.3) is 0 Å². The predicted octanol–water partition coefficient (Wildman–Crippen LogP) is 1.03. The second-order valence-corrected chi connectivity index (χ2v) is 4.91. The summed E-state index contributed by atoms with van der Waals surface area (Å²) in [6.07, 6.45) is 0. The fraction of sp³-hybridized carbons (Fsp3) is 0.462. The highest BCUT2D eigenvalue weighted by molar-refractivity contribution is 5.87. The Labute approximate surface area is 106 Å². The summed E-state index contributed by atoms with van der Waals surface area (Å²) in [7, 11) is 0. The zero-order chi connectivity index (χ0) is 13.3. The van der Waals surface area contributed by atoms with Gasteiger partial charge in [-0.15, -0.1) is 0 Å². The van der Waals surface area contributed by atoms with Crippen molar-refractivity contribution in [3.8, 4) is 11.5 Å². The molecule has 0 fully saturated rings. The Balaban J connectivity index is 2.48. The summed E-state index contributed by atoms with van der Waals surface area (Å²) in [6.45, 7) is 6.68. The van der Waals surface area contributed by atoms with Gasteiger partial charge in [0.15, 0.2) is 11.5 Å². The predicted molar refractivity (Wildman–Crippen MR) is 67.5 cm³/mol. The molecule has 0 aliphatic carbocycles. The van der Waals surface area contributed by atoms with Gasteiger partial charge in [0.1, 0.15) is 13.2 Å². The van der Waals surface area contributed by atoms with Gasteiger partial charge in [0, 0.05) is 0 Å². The third-order valence-corrected chi connectivity index (χ3v) is 3.26. The third kappa shape index (κ3) is 2.01. The lowest BCUT2D eigenvalue weighted by Gasteiger charge is -2.27. The van der Waals surface area contributed by atoms with Gasteiger partial charge in [0.05, 0.1) is 5.41 Å². The Morgan fingerprint density at radius 3 is 2.39 bits per heavy atom. The van der Waals surface area contributed by atoms with Gasteiger partial charge in [-0.3, -0.25) is 10.2 Å². The molecule has 0 unspecified atom stereocenters. The van der Waals surface area contributed by atoms with Crippen molar-refractivity contribution in [2.24, 2.45) is 5.84 Å². The average molecular weight is 250 g/mol. The highest BCUT2D eigenvalue weighted by Crippen LogP contribution is 2.37. The summed E-state index contributed by atoms with van der Waals surface area (Å²) in [5, 5.41) is 0. The normalized spacial score (nSPS) is 14.2. The van der Waals surface area contributed by atoms with E-state index in [0.717, 1.165) is 16.9 Å². The molecule has 1 aliphatic heterocycles. The van der Waals surface area contributed by atoms with Gasteiger partial charge in [-0.2, -0.15) is 0 Å². The van der Waals surface area contributed by atoms with E-state index in [4.69, 9.17) is 15.3 Å². The van der Waals surface area contributed by atoms with Gasteiger partial charge in [-0.25, -0.2) is 5.84 Å². The minimum absolute atomic E-state index is 0.234. The first-order chi connectivity index (χ1) is 8.46. The van der Waals surface area contributed by atoms with Gasteiger partial charge in [0.25, 0.3) is 0 Å². The van der Waals surface area contributed by atoms with E-state index in [2.05, 4.69) is 5.43 Å². The number of nitrogens with two attached hydrogens (primary N) is 1. The van der Waals surface area contributed by atoms with Gasteiger partial charge in [-0.05, 0) is 44.0 Å². The smallest absolute Gasteiger partial charge is 0.243 e. The minimum Gasteiger partial charge on any atom is -0.486 e. The van der Waals surface area contributed by atoms with Crippen LogP contribution in [0, 0.1) is 6.92 Å². The van der Waals surface area contributed by atoms with Crippen LogP contribution >= 0.6 is 0 Å². The average Bonchev–Trinajstić information content (AvgIpc) is 2.36. The standard InChI is InChI=1S/C13H18N2O3/c1-8-6-10-11(18-5-4-17-10)7-9(8)13(2,3)12(16)15-14/h6-7H,4-5,14H2,1-3H3,(H,15,16). The quantitative estimate of drug-likeness (QED) is 0.467. The van der Waals surface area contributed by atoms with Crippen LogP contribution in [-0.4, -0.2) is 19.1 Å². The molecule has 1 aromatic carbocycles. The van der Waals surface area contributed by atoms with Gasteiger partial charge in [-0.1, -0.05) is 0 Å². The molecule has 1 aromatic rings. The van der Waals surface area contributed by atoms with Crippen molar-refractivity contribution in [1.82, 2.24) is 5.43 Å². The number of amides is 1. The monoisotopic (exact) mass is 250 g/mol. The van der Waals surface area contributed by atoms with E-state index in [1.807, 2.05) is 32.9 Å². The molecule has 5 nitrogen and oxygen atoms in total. The number of nitrogens with one attached hydrogen (secondary N) is 1. The van der Waals surface area contributed by atoms with Gasteiger partial charge >= 0.3 is 0 Å². The van der Waals surface area contributed by atoms with Crippen LogP contribution in [-0.2, 0) is 10.2 Å². The summed E-state index contributed by atoms with van der Waals surface area (Å²) < 4.78 is 11.0. The van der Waals surface area contributed by atoms with Crippen LogP contribution in [0.3, 0.4) is 0 Å². The molecule has 1 aliphatic rings. The molecule has 18 heavy (non-hydrogen) atoms. The molecule has 0 spiro atoms. The Morgan fingerprint density at radius 2 is 1.83 bits per heavy atom. The summed E-state index contributed by atoms with van der Waals surface area (Å²) in [5.41, 5.74) is 3.35. The molecule has 3 N–H and O–H groups in total. The molecule has 0 saturated heterocycles. The lowest BCUT2D eigenvalue weighted by atomic mass is 9.81. The molecule has 2 rings (SSSR count). The van der Waals surface area contributed by atoms with E-state index in [9.17, 15) is 4.79 Å². The number of hydrazine groups is 1. The van der Waals surface area contributed by atoms with Crippen LogP contribution in [0.4, 0.5) is 0 Å². The first-order valence-corrected chi connectivity index (χ1v) is 5.88. The minimum atomic E-state index is -0.714. The molecule has 5 heteroatoms. The number of hydrogen-bond donors (Lipinski definition) is 2. The van der Waals surface area contributed by atoms with Crippen LogP contribution in [0.15, 0.2) is 12.1 Å². The van der Waals surface area contributed by atoms with Gasteiger partial charge in [0.2, 0.25) is 5.91 Å². The zero-order valence-corrected chi connectivity index (χ0v) is 10.9. The second kappa shape index (κ2) is 4.49. The maximum Gasteiger partial charge on any atom is 0.243 e. The number of rotatable bonds is 2. The molecule has 0 radical (unpaired) electrons. The van der Waals surface area contributed by atoms with Gasteiger partial charge < -0.3 is 9.47 Å². The molecular weight excluding hydrogens is 232 g/mol. The largest absolute Gasteiger partial charge is 0.486 e. The SMILES string of the molecule is Cc1cc2c(cc1C(C)(C)C(=O)NN)OCCO2. The molecule has 0 saturated carbocycles. The number of carbonyl (C=O) groups excluding carboxylic acids is 1. The highest BCUT2D eigenvalue weighted by atomic mass is 16.6. The fourth-order valence-electron chi connectivity index (χ4n) is 2.17. The lowest BCUT2D eigenvalue weighted by Crippen LogP contribution is -2.44. The number of aryl methyl sites for hydroxylation is 1. The second-order valence-electron chi connectivity index (χ2n) is 4.91. The summed E-state index contributed by atoms with van der Waals surface area (Å²) in [6, 6.07) is 3.76. The highest BCUT2D eigenvalue weighted by Gasteiger charge is 2.32. The van der Waals surface area contributed by atoms with Crippen molar-refractivity contribution >= 4 is 5.91 Å². The van der Waals surface area contributed by atoms with Crippen molar-refractivity contribution < 1.29 is 14.3 Å². The van der Waals surface area contributed by atoms with Crippen molar-refractivity contribution in [2.75, 3.05) is 13.2 Å². The van der Waals surface area contributed by atoms with E-state index in [-0.39, 0.29) is 5.91 Å². The molecule has 1 heterocycles. The first kappa shape index (κ1) is 12.7. The van der Waals surface area contributed by atoms with E-state index < -0.39 is 5.41 Å². The Kier molecular flexibility index (Phi) is 3.17. The topological polar surface area (TPSA) is 73.6 Å². The number of ether oxygens (including phenoxy) is 2. The van der Waals surface area contributed by atoms with E-state index in [1.54, 1.807) is 0 Å². The van der Waals surface area contributed by atoms with Crippen LogP contribution in [0.5, 0.6) is 11.5 Å². The zero-order valence-electron chi connectivity index (χ0n) is 10.9. The molecule has 0 atom stereocenters. The Hall–Kier alpha value is -1.75. The van der Waals surface area contributed by atoms with Crippen LogP contribution in [0.1, 0.15) is 25.0 Å². The van der Waals surface area contributed by atoms with Crippen molar-refractivity contribution in [3.63, 3.8) is 0 Å². The number of benzene rings is 1. The summed E-state index contributed by atoms with van der Waals surface area (Å²) in [4.78, 5) is 11.8. The third-order valence-electron chi connectivity index (χ3n) is 3.26. The first-order valence-electron chi connectivity index (χ1n) is 5.88. The van der Waals surface area contributed by atoms with Crippen molar-refractivity contribution in [1.29, 1.82) is 0 Å². The maximum atomic E-state index is 11.8. The van der Waals surface area contributed by atoms with Crippen molar-refractivity contribution in [2.45, 2.75) is 26.2 Å². The lowest BCUT2D eigenvalue weighted by molar-refractivity contribution is -0.125. The Morgan fingerprint density at radius 1 is 1.28 bits per heavy atom. The van der Waals surface area contributed by atoms with E-state index >= 15 is 0 Å². The molecule has 0 aromatic heterocycles. The number of fused-ring (bicyclic) bond motifs is 1. The maximum absolute atomic E-state index is 11.8. The summed E-state index contributed by atoms with van der Waals surface area (Å²) in [5.74, 6) is 6.40. The van der Waals surface area contributed by atoms with Crippen LogP contribution in [0.2, 0.25) is 0 Å². The fourth-order valence-corrected chi connectivity index (χ4v) is 2.17. The molecule has 98 valence electrons.